The summed E-state index contributed by atoms with van der Waals surface area (Å²) >= 11 is 0. The fourth-order valence-electron chi connectivity index (χ4n) is 1.10. The highest BCUT2D eigenvalue weighted by Crippen LogP contribution is 1.97. The van der Waals surface area contributed by atoms with Crippen molar-refractivity contribution in [1.29, 1.82) is 0 Å². The van der Waals surface area contributed by atoms with Gasteiger partial charge in [0.2, 0.25) is 0 Å². The molecule has 1 atom stereocenters. The van der Waals surface area contributed by atoms with Crippen LogP contribution in [0.1, 0.15) is 6.42 Å². The van der Waals surface area contributed by atoms with Crippen LogP contribution in [0, 0.1) is 0 Å². The molecule has 0 bridgehead atoms. The second-order valence-electron chi connectivity index (χ2n) is 2.81. The minimum atomic E-state index is -0.302. The van der Waals surface area contributed by atoms with Gasteiger partial charge in [0, 0.05) is 19.7 Å². The Morgan fingerprint density at radius 1 is 1.58 bits per heavy atom. The van der Waals surface area contributed by atoms with Gasteiger partial charge in [0.1, 0.15) is 0 Å². The molecule has 1 saturated heterocycles. The van der Waals surface area contributed by atoms with E-state index in [9.17, 15) is 4.39 Å². The van der Waals surface area contributed by atoms with Crippen LogP contribution in [0.3, 0.4) is 0 Å². The SMILES string of the molecule is FCCCOCC1CNCCO1. The van der Waals surface area contributed by atoms with Crippen LogP contribution in [0.15, 0.2) is 0 Å². The minimum Gasteiger partial charge on any atom is -0.379 e. The molecule has 1 unspecified atom stereocenters. The van der Waals surface area contributed by atoms with E-state index in [1.807, 2.05) is 0 Å². The molecule has 0 radical (unpaired) electrons. The molecule has 3 nitrogen and oxygen atoms in total. The lowest BCUT2D eigenvalue weighted by molar-refractivity contribution is -0.0322. The van der Waals surface area contributed by atoms with Crippen LogP contribution in [0.2, 0.25) is 0 Å². The van der Waals surface area contributed by atoms with Crippen LogP contribution in [0.25, 0.3) is 0 Å². The molecule has 72 valence electrons. The van der Waals surface area contributed by atoms with Gasteiger partial charge in [0.15, 0.2) is 0 Å². The lowest BCUT2D eigenvalue weighted by Crippen LogP contribution is -2.41. The van der Waals surface area contributed by atoms with Gasteiger partial charge in [-0.3, -0.25) is 4.39 Å². The van der Waals surface area contributed by atoms with Crippen LogP contribution in [-0.2, 0) is 9.47 Å². The fourth-order valence-corrected chi connectivity index (χ4v) is 1.10. The van der Waals surface area contributed by atoms with Gasteiger partial charge in [-0.25, -0.2) is 0 Å². The third-order valence-electron chi connectivity index (χ3n) is 1.73. The Balaban J connectivity index is 1.91. The maximum absolute atomic E-state index is 11.6. The van der Waals surface area contributed by atoms with E-state index < -0.39 is 0 Å². The molecule has 0 aromatic heterocycles. The Morgan fingerprint density at radius 2 is 2.50 bits per heavy atom. The van der Waals surface area contributed by atoms with Crippen LogP contribution in [0.5, 0.6) is 0 Å². The van der Waals surface area contributed by atoms with Crippen molar-refractivity contribution in [1.82, 2.24) is 5.32 Å². The molecule has 0 spiro atoms. The molecule has 0 amide bonds. The van der Waals surface area contributed by atoms with E-state index in [1.165, 1.54) is 0 Å². The van der Waals surface area contributed by atoms with Crippen molar-refractivity contribution in [3.8, 4) is 0 Å². The van der Waals surface area contributed by atoms with Gasteiger partial charge in [-0.15, -0.1) is 0 Å². The van der Waals surface area contributed by atoms with Crippen LogP contribution >= 0.6 is 0 Å². The Bertz CT molecular complexity index is 107. The normalized spacial score (nSPS) is 24.2. The summed E-state index contributed by atoms with van der Waals surface area (Å²) in [5.41, 5.74) is 0. The first-order chi connectivity index (χ1) is 5.93. The predicted molar refractivity (Wildman–Crippen MR) is 44.0 cm³/mol. The van der Waals surface area contributed by atoms with Crippen molar-refractivity contribution in [2.75, 3.05) is 39.6 Å². The topological polar surface area (TPSA) is 30.5 Å². The first kappa shape index (κ1) is 9.89. The smallest absolute Gasteiger partial charge is 0.0933 e. The third kappa shape index (κ3) is 3.99. The summed E-state index contributed by atoms with van der Waals surface area (Å²) in [6.07, 6.45) is 0.638. The van der Waals surface area contributed by atoms with E-state index in [4.69, 9.17) is 9.47 Å². The minimum absolute atomic E-state index is 0.151. The summed E-state index contributed by atoms with van der Waals surface area (Å²) in [7, 11) is 0. The highest BCUT2D eigenvalue weighted by Gasteiger charge is 2.12. The van der Waals surface area contributed by atoms with Gasteiger partial charge in [-0.2, -0.15) is 0 Å². The highest BCUT2D eigenvalue weighted by atomic mass is 19.1. The number of halogens is 1. The molecule has 12 heavy (non-hydrogen) atoms. The first-order valence-corrected chi connectivity index (χ1v) is 4.39. The van der Waals surface area contributed by atoms with Crippen LogP contribution in [-0.4, -0.2) is 45.7 Å². The molecule has 1 rings (SSSR count). The van der Waals surface area contributed by atoms with Gasteiger partial charge in [0.25, 0.3) is 0 Å². The number of rotatable bonds is 5. The maximum atomic E-state index is 11.6. The van der Waals surface area contributed by atoms with Crippen molar-refractivity contribution < 1.29 is 13.9 Å². The summed E-state index contributed by atoms with van der Waals surface area (Å²) in [6, 6.07) is 0. The van der Waals surface area contributed by atoms with Gasteiger partial charge in [0.05, 0.1) is 26.0 Å². The molecule has 0 aromatic rings. The molecule has 1 aliphatic heterocycles. The quantitative estimate of drug-likeness (QED) is 0.615. The van der Waals surface area contributed by atoms with Crippen molar-refractivity contribution in [2.45, 2.75) is 12.5 Å². The van der Waals surface area contributed by atoms with E-state index in [0.717, 1.165) is 19.7 Å². The molecule has 1 aliphatic rings. The number of nitrogens with one attached hydrogen (secondary N) is 1. The van der Waals surface area contributed by atoms with Crippen molar-refractivity contribution >= 4 is 0 Å². The van der Waals surface area contributed by atoms with Crippen molar-refractivity contribution in [3.05, 3.63) is 0 Å². The Kier molecular flexibility index (Phi) is 5.23. The summed E-state index contributed by atoms with van der Waals surface area (Å²) in [5.74, 6) is 0. The summed E-state index contributed by atoms with van der Waals surface area (Å²) in [6.45, 7) is 3.28. The number of hydrogen-bond acceptors (Lipinski definition) is 3. The van der Waals surface area contributed by atoms with Gasteiger partial charge >= 0.3 is 0 Å². The Hall–Kier alpha value is -0.190. The molecule has 1 fully saturated rings. The summed E-state index contributed by atoms with van der Waals surface area (Å²) in [4.78, 5) is 0. The molecule has 0 aromatic carbocycles. The van der Waals surface area contributed by atoms with Crippen LogP contribution in [0.4, 0.5) is 4.39 Å². The average molecular weight is 177 g/mol. The van der Waals surface area contributed by atoms with E-state index in [0.29, 0.717) is 19.6 Å². The standard InChI is InChI=1S/C8H16FNO2/c9-2-1-4-11-7-8-6-10-3-5-12-8/h8,10H,1-7H2. The molecular weight excluding hydrogens is 161 g/mol. The average Bonchev–Trinajstić information content (AvgIpc) is 2.14. The van der Waals surface area contributed by atoms with Crippen molar-refractivity contribution in [3.63, 3.8) is 0 Å². The Morgan fingerprint density at radius 3 is 3.17 bits per heavy atom. The predicted octanol–water partition coefficient (Wildman–Crippen LogP) is 0.351. The molecule has 1 heterocycles. The first-order valence-electron chi connectivity index (χ1n) is 4.39. The molecular formula is C8H16FNO2. The van der Waals surface area contributed by atoms with Gasteiger partial charge in [-0.05, 0) is 6.42 Å². The van der Waals surface area contributed by atoms with Gasteiger partial charge < -0.3 is 14.8 Å². The highest BCUT2D eigenvalue weighted by molar-refractivity contribution is 4.65. The number of morpholine rings is 1. The van der Waals surface area contributed by atoms with E-state index in [-0.39, 0.29) is 12.8 Å². The maximum Gasteiger partial charge on any atom is 0.0933 e. The summed E-state index contributed by atoms with van der Waals surface area (Å²) < 4.78 is 22.2. The second-order valence-corrected chi connectivity index (χ2v) is 2.81. The monoisotopic (exact) mass is 177 g/mol. The van der Waals surface area contributed by atoms with Crippen LogP contribution < -0.4 is 5.32 Å². The largest absolute Gasteiger partial charge is 0.379 e. The fraction of sp³-hybridized carbons (Fsp3) is 1.00. The lowest BCUT2D eigenvalue weighted by Gasteiger charge is -2.23. The van der Waals surface area contributed by atoms with E-state index in [1.54, 1.807) is 0 Å². The molecule has 0 aliphatic carbocycles. The van der Waals surface area contributed by atoms with Gasteiger partial charge in [-0.1, -0.05) is 0 Å². The number of hydrogen-bond donors (Lipinski definition) is 1. The number of ether oxygens (including phenoxy) is 2. The van der Waals surface area contributed by atoms with E-state index >= 15 is 0 Å². The molecule has 1 N–H and O–H groups in total. The van der Waals surface area contributed by atoms with Crippen molar-refractivity contribution in [2.24, 2.45) is 0 Å². The zero-order chi connectivity index (χ0) is 8.65. The lowest BCUT2D eigenvalue weighted by atomic mass is 10.3. The van der Waals surface area contributed by atoms with E-state index in [2.05, 4.69) is 5.32 Å². The Labute approximate surface area is 72.2 Å². The third-order valence-corrected chi connectivity index (χ3v) is 1.73. The second kappa shape index (κ2) is 6.34. The zero-order valence-electron chi connectivity index (χ0n) is 7.22. The zero-order valence-corrected chi connectivity index (χ0v) is 7.22. The molecule has 0 saturated carbocycles. The summed E-state index contributed by atoms with van der Waals surface area (Å²) in [5, 5.41) is 3.20. The molecule has 4 heteroatoms. The number of alkyl halides is 1.